The number of aryl methyl sites for hydroxylation is 1. The summed E-state index contributed by atoms with van der Waals surface area (Å²) in [5.74, 6) is 1.77. The number of rotatable bonds is 5. The maximum Gasteiger partial charge on any atom is 0.258 e. The van der Waals surface area contributed by atoms with Crippen molar-refractivity contribution in [2.75, 3.05) is 18.5 Å². The van der Waals surface area contributed by atoms with Crippen LogP contribution in [0.1, 0.15) is 18.4 Å². The van der Waals surface area contributed by atoms with Gasteiger partial charge >= 0.3 is 0 Å². The van der Waals surface area contributed by atoms with Gasteiger partial charge in [-0.15, -0.1) is 0 Å². The van der Waals surface area contributed by atoms with Gasteiger partial charge in [-0.25, -0.2) is 4.98 Å². The van der Waals surface area contributed by atoms with Gasteiger partial charge in [0.2, 0.25) is 5.82 Å². The lowest BCUT2D eigenvalue weighted by molar-refractivity contribution is 0.120. The Morgan fingerprint density at radius 3 is 2.79 bits per heavy atom. The Balaban J connectivity index is 1.55. The van der Waals surface area contributed by atoms with Crippen molar-refractivity contribution >= 4 is 16.7 Å². The fourth-order valence-corrected chi connectivity index (χ4v) is 3.70. The zero-order valence-corrected chi connectivity index (χ0v) is 16.3. The Hall–Kier alpha value is -3.25. The van der Waals surface area contributed by atoms with Crippen molar-refractivity contribution < 1.29 is 9.26 Å². The Kier molecular flexibility index (Phi) is 4.69. The van der Waals surface area contributed by atoms with Crippen LogP contribution in [0.2, 0.25) is 0 Å². The first-order valence-electron chi connectivity index (χ1n) is 9.93. The molecule has 1 fully saturated rings. The summed E-state index contributed by atoms with van der Waals surface area (Å²) in [5, 5.41) is 8.75. The van der Waals surface area contributed by atoms with Crippen LogP contribution in [0.5, 0.6) is 0 Å². The first-order chi connectivity index (χ1) is 14.3. The average Bonchev–Trinajstić information content (AvgIpc) is 3.45. The van der Waals surface area contributed by atoms with Gasteiger partial charge in [0.1, 0.15) is 5.82 Å². The monoisotopic (exact) mass is 386 g/mol. The number of nitrogens with zero attached hydrogens (tertiary/aromatic N) is 3. The minimum atomic E-state index is 0.211. The SMILES string of the molecule is Cc1cccc2cc(-c3noc(-c4ccccc4)n3)c(NC[C@H]3CCCO3)nc12. The second-order valence-corrected chi connectivity index (χ2v) is 7.34. The Labute approximate surface area is 168 Å². The maximum absolute atomic E-state index is 5.75. The standard InChI is InChI=1S/C23H22N4O2/c1-15-7-5-10-17-13-19(21(25-20(15)17)24-14-18-11-6-12-28-18)22-26-23(29-27-22)16-8-3-2-4-9-16/h2-5,7-10,13,18H,6,11-12,14H2,1H3,(H,24,25)/t18-/m1/s1. The second-order valence-electron chi connectivity index (χ2n) is 7.34. The fraction of sp³-hybridized carbons (Fsp3) is 0.261. The molecule has 0 spiro atoms. The van der Waals surface area contributed by atoms with Crippen molar-refractivity contribution in [3.05, 3.63) is 60.2 Å². The molecule has 6 nitrogen and oxygen atoms in total. The lowest BCUT2D eigenvalue weighted by Crippen LogP contribution is -2.19. The highest BCUT2D eigenvalue weighted by Crippen LogP contribution is 2.31. The molecule has 146 valence electrons. The van der Waals surface area contributed by atoms with E-state index in [4.69, 9.17) is 14.2 Å². The average molecular weight is 386 g/mol. The number of aromatic nitrogens is 3. The van der Waals surface area contributed by atoms with Gasteiger partial charge in [0.05, 0.1) is 17.2 Å². The van der Waals surface area contributed by atoms with Crippen LogP contribution in [0.25, 0.3) is 33.7 Å². The van der Waals surface area contributed by atoms with Gasteiger partial charge in [-0.05, 0) is 43.5 Å². The summed E-state index contributed by atoms with van der Waals surface area (Å²) in [4.78, 5) is 9.54. The number of para-hydroxylation sites is 1. The summed E-state index contributed by atoms with van der Waals surface area (Å²) in [6.07, 6.45) is 2.38. The highest BCUT2D eigenvalue weighted by molar-refractivity contribution is 5.89. The molecular formula is C23H22N4O2. The quantitative estimate of drug-likeness (QED) is 0.528. The molecule has 0 radical (unpaired) electrons. The largest absolute Gasteiger partial charge is 0.376 e. The van der Waals surface area contributed by atoms with E-state index in [1.807, 2.05) is 36.4 Å². The summed E-state index contributed by atoms with van der Waals surface area (Å²) >= 11 is 0. The van der Waals surface area contributed by atoms with Gasteiger partial charge in [-0.2, -0.15) is 4.98 Å². The van der Waals surface area contributed by atoms with Crippen LogP contribution >= 0.6 is 0 Å². The Bertz CT molecular complexity index is 1130. The molecule has 3 heterocycles. The molecule has 0 saturated carbocycles. The Morgan fingerprint density at radius 2 is 1.97 bits per heavy atom. The van der Waals surface area contributed by atoms with Crippen molar-refractivity contribution in [2.24, 2.45) is 0 Å². The van der Waals surface area contributed by atoms with E-state index in [-0.39, 0.29) is 6.10 Å². The summed E-state index contributed by atoms with van der Waals surface area (Å²) in [6.45, 7) is 3.61. The number of benzene rings is 2. The molecule has 4 aromatic rings. The molecule has 1 saturated heterocycles. The van der Waals surface area contributed by atoms with Crippen molar-refractivity contribution in [3.63, 3.8) is 0 Å². The van der Waals surface area contributed by atoms with E-state index in [1.54, 1.807) is 0 Å². The summed E-state index contributed by atoms with van der Waals surface area (Å²) in [5.41, 5.74) is 3.82. The van der Waals surface area contributed by atoms with Crippen molar-refractivity contribution in [2.45, 2.75) is 25.9 Å². The fourth-order valence-electron chi connectivity index (χ4n) is 3.70. The number of hydrogen-bond acceptors (Lipinski definition) is 6. The second kappa shape index (κ2) is 7.64. The summed E-state index contributed by atoms with van der Waals surface area (Å²) in [7, 11) is 0. The number of nitrogens with one attached hydrogen (secondary N) is 1. The number of pyridine rings is 1. The minimum Gasteiger partial charge on any atom is -0.376 e. The minimum absolute atomic E-state index is 0.211. The van der Waals surface area contributed by atoms with Crippen LogP contribution in [-0.2, 0) is 4.74 Å². The van der Waals surface area contributed by atoms with Crippen LogP contribution < -0.4 is 5.32 Å². The molecule has 2 aromatic carbocycles. The van der Waals surface area contributed by atoms with Gasteiger partial charge in [0.25, 0.3) is 5.89 Å². The van der Waals surface area contributed by atoms with E-state index in [0.717, 1.165) is 52.9 Å². The normalized spacial score (nSPS) is 16.4. The maximum atomic E-state index is 5.75. The lowest BCUT2D eigenvalue weighted by atomic mass is 10.1. The van der Waals surface area contributed by atoms with Crippen LogP contribution in [-0.4, -0.2) is 34.4 Å². The van der Waals surface area contributed by atoms with Gasteiger partial charge in [0, 0.05) is 24.1 Å². The highest BCUT2D eigenvalue weighted by atomic mass is 16.5. The molecule has 0 bridgehead atoms. The molecule has 1 aliphatic heterocycles. The number of hydrogen-bond donors (Lipinski definition) is 1. The van der Waals surface area contributed by atoms with E-state index < -0.39 is 0 Å². The number of fused-ring (bicyclic) bond motifs is 1. The van der Waals surface area contributed by atoms with E-state index in [1.165, 1.54) is 0 Å². The Morgan fingerprint density at radius 1 is 1.07 bits per heavy atom. The van der Waals surface area contributed by atoms with Crippen LogP contribution in [0.15, 0.2) is 59.1 Å². The van der Waals surface area contributed by atoms with Crippen LogP contribution in [0.4, 0.5) is 5.82 Å². The lowest BCUT2D eigenvalue weighted by Gasteiger charge is -2.14. The summed E-state index contributed by atoms with van der Waals surface area (Å²) < 4.78 is 11.3. The predicted molar refractivity (Wildman–Crippen MR) is 113 cm³/mol. The third kappa shape index (κ3) is 3.59. The van der Waals surface area contributed by atoms with Crippen LogP contribution in [0, 0.1) is 6.92 Å². The molecule has 5 rings (SSSR count). The molecule has 0 unspecified atom stereocenters. The zero-order chi connectivity index (χ0) is 19.6. The van der Waals surface area contributed by atoms with Gasteiger partial charge < -0.3 is 14.6 Å². The van der Waals surface area contributed by atoms with Gasteiger partial charge in [-0.1, -0.05) is 41.6 Å². The first-order valence-corrected chi connectivity index (χ1v) is 9.93. The molecule has 0 amide bonds. The van der Waals surface area contributed by atoms with Gasteiger partial charge in [-0.3, -0.25) is 0 Å². The van der Waals surface area contributed by atoms with Crippen molar-refractivity contribution in [1.29, 1.82) is 0 Å². The van der Waals surface area contributed by atoms with Crippen molar-refractivity contribution in [1.82, 2.24) is 15.1 Å². The molecule has 1 atom stereocenters. The molecular weight excluding hydrogens is 364 g/mol. The molecule has 29 heavy (non-hydrogen) atoms. The highest BCUT2D eigenvalue weighted by Gasteiger charge is 2.19. The summed E-state index contributed by atoms with van der Waals surface area (Å²) in [6, 6.07) is 18.0. The molecule has 1 N–H and O–H groups in total. The van der Waals surface area contributed by atoms with E-state index in [0.29, 0.717) is 18.3 Å². The van der Waals surface area contributed by atoms with E-state index in [9.17, 15) is 0 Å². The molecule has 6 heteroatoms. The predicted octanol–water partition coefficient (Wildman–Crippen LogP) is 4.85. The third-order valence-electron chi connectivity index (χ3n) is 5.26. The van der Waals surface area contributed by atoms with Gasteiger partial charge in [0.15, 0.2) is 0 Å². The van der Waals surface area contributed by atoms with Crippen molar-refractivity contribution in [3.8, 4) is 22.8 Å². The molecule has 2 aromatic heterocycles. The first kappa shape index (κ1) is 17.8. The number of ether oxygens (including phenoxy) is 1. The third-order valence-corrected chi connectivity index (χ3v) is 5.26. The van der Waals surface area contributed by atoms with E-state index in [2.05, 4.69) is 40.6 Å². The topological polar surface area (TPSA) is 73.1 Å². The number of anilines is 1. The molecule has 0 aliphatic carbocycles. The molecule has 1 aliphatic rings. The zero-order valence-electron chi connectivity index (χ0n) is 16.3. The van der Waals surface area contributed by atoms with E-state index >= 15 is 0 Å². The smallest absolute Gasteiger partial charge is 0.258 e. The van der Waals surface area contributed by atoms with Crippen LogP contribution in [0.3, 0.4) is 0 Å².